The number of oxazole rings is 1. The van der Waals surface area contributed by atoms with E-state index in [2.05, 4.69) is 21.3 Å². The number of hydrogen-bond acceptors (Lipinski definition) is 7. The highest BCUT2D eigenvalue weighted by atomic mass is 16.5. The van der Waals surface area contributed by atoms with Crippen molar-refractivity contribution >= 4 is 5.88 Å². The SMILES string of the molecule is Cc1ccc(-c2nc(C#N)c(NC[C@@H](c3ccco3)N3CCOCC3)o2)cc1. The fourth-order valence-electron chi connectivity index (χ4n) is 3.30. The van der Waals surface area contributed by atoms with Crippen LogP contribution in [-0.2, 0) is 4.74 Å². The summed E-state index contributed by atoms with van der Waals surface area (Å²) < 4.78 is 17.0. The minimum Gasteiger partial charge on any atom is -0.468 e. The van der Waals surface area contributed by atoms with E-state index in [4.69, 9.17) is 13.6 Å². The Morgan fingerprint density at radius 2 is 2.00 bits per heavy atom. The Kier molecular flexibility index (Phi) is 5.42. The van der Waals surface area contributed by atoms with Crippen LogP contribution in [0.25, 0.3) is 11.5 Å². The molecule has 1 aromatic carbocycles. The van der Waals surface area contributed by atoms with Crippen molar-refractivity contribution in [2.45, 2.75) is 13.0 Å². The Morgan fingerprint density at radius 3 is 2.68 bits per heavy atom. The molecular formula is C21H22N4O3. The number of nitriles is 1. The molecule has 3 heterocycles. The molecule has 0 radical (unpaired) electrons. The molecule has 4 rings (SSSR count). The van der Waals surface area contributed by atoms with Gasteiger partial charge < -0.3 is 18.9 Å². The Morgan fingerprint density at radius 1 is 1.21 bits per heavy atom. The maximum atomic E-state index is 9.46. The van der Waals surface area contributed by atoms with E-state index in [0.29, 0.717) is 31.5 Å². The van der Waals surface area contributed by atoms with Gasteiger partial charge in [0, 0.05) is 25.2 Å². The number of ether oxygens (including phenoxy) is 1. The molecule has 1 aliphatic heterocycles. The van der Waals surface area contributed by atoms with Crippen molar-refractivity contribution in [2.75, 3.05) is 38.2 Å². The predicted octanol–water partition coefficient (Wildman–Crippen LogP) is 3.60. The lowest BCUT2D eigenvalue weighted by Gasteiger charge is -2.33. The molecule has 0 saturated carbocycles. The van der Waals surface area contributed by atoms with Crippen molar-refractivity contribution in [3.05, 3.63) is 59.7 Å². The normalized spacial score (nSPS) is 15.9. The van der Waals surface area contributed by atoms with Crippen LogP contribution in [-0.4, -0.2) is 42.7 Å². The lowest BCUT2D eigenvalue weighted by atomic mass is 10.1. The summed E-state index contributed by atoms with van der Waals surface area (Å²) in [5.74, 6) is 1.68. The monoisotopic (exact) mass is 378 g/mol. The number of nitrogens with zero attached hydrogens (tertiary/aromatic N) is 3. The van der Waals surface area contributed by atoms with Crippen molar-refractivity contribution in [1.82, 2.24) is 9.88 Å². The summed E-state index contributed by atoms with van der Waals surface area (Å²) in [5.41, 5.74) is 2.24. The van der Waals surface area contributed by atoms with Crippen molar-refractivity contribution in [2.24, 2.45) is 0 Å². The first-order chi connectivity index (χ1) is 13.7. The highest BCUT2D eigenvalue weighted by Gasteiger charge is 2.26. The van der Waals surface area contributed by atoms with E-state index < -0.39 is 0 Å². The molecule has 3 aromatic rings. The number of anilines is 1. The molecule has 7 nitrogen and oxygen atoms in total. The van der Waals surface area contributed by atoms with Crippen LogP contribution < -0.4 is 5.32 Å². The highest BCUT2D eigenvalue weighted by molar-refractivity contribution is 5.59. The van der Waals surface area contributed by atoms with Gasteiger partial charge >= 0.3 is 0 Å². The van der Waals surface area contributed by atoms with E-state index in [1.807, 2.05) is 43.3 Å². The van der Waals surface area contributed by atoms with Crippen LogP contribution >= 0.6 is 0 Å². The van der Waals surface area contributed by atoms with Gasteiger partial charge in [-0.05, 0) is 31.2 Å². The molecule has 1 N–H and O–H groups in total. The van der Waals surface area contributed by atoms with Gasteiger partial charge in [-0.1, -0.05) is 17.7 Å². The molecule has 1 fully saturated rings. The van der Waals surface area contributed by atoms with Crippen molar-refractivity contribution in [1.29, 1.82) is 5.26 Å². The summed E-state index contributed by atoms with van der Waals surface area (Å²) in [4.78, 5) is 6.64. The number of rotatable bonds is 6. The summed E-state index contributed by atoms with van der Waals surface area (Å²) in [6.07, 6.45) is 1.67. The molecule has 144 valence electrons. The van der Waals surface area contributed by atoms with Gasteiger partial charge in [-0.3, -0.25) is 4.90 Å². The molecule has 1 aliphatic rings. The van der Waals surface area contributed by atoms with Gasteiger partial charge in [0.15, 0.2) is 0 Å². The number of nitrogens with one attached hydrogen (secondary N) is 1. The number of morpholine rings is 1. The molecule has 7 heteroatoms. The van der Waals surface area contributed by atoms with Crippen LogP contribution in [0.3, 0.4) is 0 Å². The summed E-state index contributed by atoms with van der Waals surface area (Å²) in [6.45, 7) is 5.59. The molecule has 0 aliphatic carbocycles. The van der Waals surface area contributed by atoms with Gasteiger partial charge in [0.2, 0.25) is 17.5 Å². The summed E-state index contributed by atoms with van der Waals surface area (Å²) >= 11 is 0. The first kappa shape index (κ1) is 18.3. The lowest BCUT2D eigenvalue weighted by Crippen LogP contribution is -2.41. The van der Waals surface area contributed by atoms with Crippen LogP contribution in [0.1, 0.15) is 23.1 Å². The van der Waals surface area contributed by atoms with E-state index in [0.717, 1.165) is 30.0 Å². The molecule has 0 amide bonds. The number of hydrogen-bond donors (Lipinski definition) is 1. The molecule has 2 aromatic heterocycles. The van der Waals surface area contributed by atoms with E-state index in [9.17, 15) is 5.26 Å². The average Bonchev–Trinajstić information content (AvgIpc) is 3.40. The molecule has 0 spiro atoms. The van der Waals surface area contributed by atoms with E-state index in [1.165, 1.54) is 0 Å². The summed E-state index contributed by atoms with van der Waals surface area (Å²) in [7, 11) is 0. The molecule has 1 saturated heterocycles. The van der Waals surface area contributed by atoms with Crippen LogP contribution in [0, 0.1) is 18.3 Å². The molecule has 0 bridgehead atoms. The van der Waals surface area contributed by atoms with Crippen LogP contribution in [0.2, 0.25) is 0 Å². The number of furan rings is 1. The number of aromatic nitrogens is 1. The standard InChI is InChI=1S/C21H22N4O3/c1-15-4-6-16(7-5-15)20-24-17(13-22)21(28-20)23-14-18(19-3-2-10-27-19)25-8-11-26-12-9-25/h2-7,10,18,23H,8-9,11-12,14H2,1H3/t18-/m0/s1. The second-order valence-corrected chi connectivity index (χ2v) is 6.74. The van der Waals surface area contributed by atoms with Crippen molar-refractivity contribution in [3.63, 3.8) is 0 Å². The molecular weight excluding hydrogens is 356 g/mol. The van der Waals surface area contributed by atoms with E-state index in [1.54, 1.807) is 6.26 Å². The fourth-order valence-corrected chi connectivity index (χ4v) is 3.30. The van der Waals surface area contributed by atoms with Gasteiger partial charge in [0.1, 0.15) is 11.8 Å². The zero-order valence-electron chi connectivity index (χ0n) is 15.7. The lowest BCUT2D eigenvalue weighted by molar-refractivity contribution is 0.0144. The average molecular weight is 378 g/mol. The van der Waals surface area contributed by atoms with Gasteiger partial charge in [-0.15, -0.1) is 0 Å². The minimum absolute atomic E-state index is 0.0124. The van der Waals surface area contributed by atoms with Crippen molar-refractivity contribution < 1.29 is 13.6 Å². The third-order valence-corrected chi connectivity index (χ3v) is 4.85. The minimum atomic E-state index is 0.0124. The maximum absolute atomic E-state index is 9.46. The maximum Gasteiger partial charge on any atom is 0.232 e. The zero-order valence-corrected chi connectivity index (χ0v) is 15.7. The fraction of sp³-hybridized carbons (Fsp3) is 0.333. The van der Waals surface area contributed by atoms with Gasteiger partial charge in [-0.2, -0.15) is 10.2 Å². The second kappa shape index (κ2) is 8.30. The van der Waals surface area contributed by atoms with Crippen LogP contribution in [0.4, 0.5) is 5.88 Å². The van der Waals surface area contributed by atoms with Gasteiger partial charge in [-0.25, -0.2) is 0 Å². The first-order valence-electron chi connectivity index (χ1n) is 9.31. The topological polar surface area (TPSA) is 87.5 Å². The molecule has 0 unspecified atom stereocenters. The predicted molar refractivity (Wildman–Crippen MR) is 104 cm³/mol. The van der Waals surface area contributed by atoms with E-state index >= 15 is 0 Å². The Hall–Kier alpha value is -3.08. The molecule has 1 atom stereocenters. The third-order valence-electron chi connectivity index (χ3n) is 4.85. The summed E-state index contributed by atoms with van der Waals surface area (Å²) in [6, 6.07) is 13.8. The quantitative estimate of drug-likeness (QED) is 0.701. The second-order valence-electron chi connectivity index (χ2n) is 6.74. The highest BCUT2D eigenvalue weighted by Crippen LogP contribution is 2.28. The van der Waals surface area contributed by atoms with Crippen LogP contribution in [0.15, 0.2) is 51.5 Å². The van der Waals surface area contributed by atoms with Crippen molar-refractivity contribution in [3.8, 4) is 17.5 Å². The summed E-state index contributed by atoms with van der Waals surface area (Å²) in [5, 5.41) is 12.7. The van der Waals surface area contributed by atoms with Gasteiger partial charge in [0.25, 0.3) is 0 Å². The Labute approximate surface area is 163 Å². The zero-order chi connectivity index (χ0) is 19.3. The smallest absolute Gasteiger partial charge is 0.232 e. The number of benzene rings is 1. The largest absolute Gasteiger partial charge is 0.468 e. The Balaban J connectivity index is 1.54. The number of aryl methyl sites for hydroxylation is 1. The van der Waals surface area contributed by atoms with Gasteiger partial charge in [0.05, 0.1) is 25.5 Å². The third kappa shape index (κ3) is 3.93. The molecule has 28 heavy (non-hydrogen) atoms. The van der Waals surface area contributed by atoms with Crippen LogP contribution in [0.5, 0.6) is 0 Å². The first-order valence-corrected chi connectivity index (χ1v) is 9.31. The Bertz CT molecular complexity index is 935. The van der Waals surface area contributed by atoms with E-state index in [-0.39, 0.29) is 11.7 Å².